The largest absolute Gasteiger partial charge is 0.391 e. The second-order valence-electron chi connectivity index (χ2n) is 5.54. The van der Waals surface area contributed by atoms with Crippen molar-refractivity contribution in [3.8, 4) is 0 Å². The Kier molecular flexibility index (Phi) is 8.28. The fraction of sp³-hybridized carbons (Fsp3) is 0.438. The molecule has 0 aromatic heterocycles. The molecule has 0 spiro atoms. The quantitative estimate of drug-likeness (QED) is 0.405. The summed E-state index contributed by atoms with van der Waals surface area (Å²) in [5.41, 5.74) is 5.58. The van der Waals surface area contributed by atoms with Gasteiger partial charge in [-0.2, -0.15) is 0 Å². The molecule has 132 valence electrons. The van der Waals surface area contributed by atoms with Crippen molar-refractivity contribution in [1.82, 2.24) is 5.32 Å². The van der Waals surface area contributed by atoms with E-state index in [0.29, 0.717) is 11.4 Å². The molecule has 1 atom stereocenters. The van der Waals surface area contributed by atoms with E-state index in [9.17, 15) is 19.5 Å². The molecule has 0 aliphatic carbocycles. The van der Waals surface area contributed by atoms with Gasteiger partial charge in [-0.15, -0.1) is 11.8 Å². The minimum absolute atomic E-state index is 0.0128. The van der Waals surface area contributed by atoms with Crippen molar-refractivity contribution >= 4 is 35.2 Å². The van der Waals surface area contributed by atoms with Crippen LogP contribution in [0.5, 0.6) is 0 Å². The summed E-state index contributed by atoms with van der Waals surface area (Å²) in [5.74, 6) is -1.56. The third-order valence-electron chi connectivity index (χ3n) is 3.19. The number of amides is 3. The summed E-state index contributed by atoms with van der Waals surface area (Å²) in [6.45, 7) is 3.64. The van der Waals surface area contributed by atoms with Crippen LogP contribution in [0, 0.1) is 5.92 Å². The number of anilines is 1. The molecule has 0 radical (unpaired) electrons. The highest BCUT2D eigenvalue weighted by Gasteiger charge is 2.17. The number of benzene rings is 1. The highest BCUT2D eigenvalue weighted by Crippen LogP contribution is 2.27. The van der Waals surface area contributed by atoms with E-state index in [4.69, 9.17) is 5.73 Å². The third kappa shape index (κ3) is 7.01. The zero-order chi connectivity index (χ0) is 18.1. The molecular formula is C16H23N3O4S. The van der Waals surface area contributed by atoms with Gasteiger partial charge in [-0.1, -0.05) is 26.0 Å². The number of nitrogens with two attached hydrogens (primary N) is 1. The lowest BCUT2D eigenvalue weighted by Crippen LogP contribution is -2.40. The minimum Gasteiger partial charge on any atom is -0.391 e. The molecular weight excluding hydrogens is 330 g/mol. The molecule has 7 nitrogen and oxygen atoms in total. The Labute approximate surface area is 145 Å². The smallest absolute Gasteiger partial charge is 0.313 e. The van der Waals surface area contributed by atoms with Crippen LogP contribution >= 0.6 is 11.8 Å². The summed E-state index contributed by atoms with van der Waals surface area (Å²) >= 11 is 1.36. The van der Waals surface area contributed by atoms with Gasteiger partial charge in [-0.3, -0.25) is 14.4 Å². The van der Waals surface area contributed by atoms with E-state index in [0.717, 1.165) is 4.90 Å². The SMILES string of the molecule is CC(C)C(O)CNC(=O)C(=O)Nc1ccccc1SCCC(N)=O. The van der Waals surface area contributed by atoms with Gasteiger partial charge in [0, 0.05) is 23.6 Å². The first-order valence-corrected chi connectivity index (χ1v) is 8.57. The summed E-state index contributed by atoms with van der Waals surface area (Å²) in [6.07, 6.45) is -0.487. The maximum Gasteiger partial charge on any atom is 0.313 e. The van der Waals surface area contributed by atoms with E-state index < -0.39 is 23.8 Å². The van der Waals surface area contributed by atoms with Crippen LogP contribution in [0.3, 0.4) is 0 Å². The molecule has 1 aromatic rings. The van der Waals surface area contributed by atoms with Gasteiger partial charge in [0.15, 0.2) is 0 Å². The Bertz CT molecular complexity index is 592. The molecule has 24 heavy (non-hydrogen) atoms. The average molecular weight is 353 g/mol. The maximum atomic E-state index is 11.9. The normalized spacial score (nSPS) is 11.8. The monoisotopic (exact) mass is 353 g/mol. The maximum absolute atomic E-state index is 11.9. The number of aliphatic hydroxyl groups is 1. The van der Waals surface area contributed by atoms with Crippen molar-refractivity contribution in [1.29, 1.82) is 0 Å². The van der Waals surface area contributed by atoms with Crippen LogP contribution in [0.15, 0.2) is 29.2 Å². The molecule has 1 aromatic carbocycles. The number of thioether (sulfide) groups is 1. The Morgan fingerprint density at radius 1 is 1.21 bits per heavy atom. The second-order valence-corrected chi connectivity index (χ2v) is 6.67. The zero-order valence-electron chi connectivity index (χ0n) is 13.7. The van der Waals surface area contributed by atoms with E-state index in [1.165, 1.54) is 11.8 Å². The molecule has 0 heterocycles. The number of nitrogens with one attached hydrogen (secondary N) is 2. The van der Waals surface area contributed by atoms with Gasteiger partial charge in [0.2, 0.25) is 5.91 Å². The van der Waals surface area contributed by atoms with Gasteiger partial charge in [0.25, 0.3) is 0 Å². The number of primary amides is 1. The van der Waals surface area contributed by atoms with Gasteiger partial charge >= 0.3 is 11.8 Å². The fourth-order valence-corrected chi connectivity index (χ4v) is 2.62. The lowest BCUT2D eigenvalue weighted by molar-refractivity contribution is -0.136. The summed E-state index contributed by atoms with van der Waals surface area (Å²) < 4.78 is 0. The van der Waals surface area contributed by atoms with Gasteiger partial charge in [0.05, 0.1) is 11.8 Å². The molecule has 3 amide bonds. The number of rotatable bonds is 8. The molecule has 0 saturated carbocycles. The molecule has 0 fully saturated rings. The van der Waals surface area contributed by atoms with E-state index in [1.54, 1.807) is 24.3 Å². The molecule has 1 unspecified atom stereocenters. The molecule has 8 heteroatoms. The summed E-state index contributed by atoms with van der Waals surface area (Å²) in [6, 6.07) is 6.97. The predicted molar refractivity (Wildman–Crippen MR) is 93.5 cm³/mol. The van der Waals surface area contributed by atoms with Gasteiger partial charge in [-0.05, 0) is 18.1 Å². The summed E-state index contributed by atoms with van der Waals surface area (Å²) in [4.78, 5) is 35.2. The van der Waals surface area contributed by atoms with Crippen molar-refractivity contribution in [2.75, 3.05) is 17.6 Å². The fourth-order valence-electron chi connectivity index (χ4n) is 1.65. The lowest BCUT2D eigenvalue weighted by Gasteiger charge is -2.15. The van der Waals surface area contributed by atoms with E-state index in [2.05, 4.69) is 10.6 Å². The highest BCUT2D eigenvalue weighted by atomic mass is 32.2. The topological polar surface area (TPSA) is 122 Å². The van der Waals surface area contributed by atoms with Crippen LogP contribution in [0.1, 0.15) is 20.3 Å². The number of hydrogen-bond donors (Lipinski definition) is 4. The average Bonchev–Trinajstić information content (AvgIpc) is 2.53. The second kappa shape index (κ2) is 9.94. The Morgan fingerprint density at radius 3 is 2.50 bits per heavy atom. The highest BCUT2D eigenvalue weighted by molar-refractivity contribution is 7.99. The van der Waals surface area contributed by atoms with Gasteiger partial charge in [0.1, 0.15) is 0 Å². The lowest BCUT2D eigenvalue weighted by atomic mass is 10.1. The molecule has 0 bridgehead atoms. The van der Waals surface area contributed by atoms with Crippen LogP contribution in [0.25, 0.3) is 0 Å². The van der Waals surface area contributed by atoms with Crippen molar-refractivity contribution in [2.24, 2.45) is 11.7 Å². The number of para-hydroxylation sites is 1. The Hall–Kier alpha value is -2.06. The first kappa shape index (κ1) is 20.0. The van der Waals surface area contributed by atoms with Crippen molar-refractivity contribution in [3.63, 3.8) is 0 Å². The molecule has 0 aliphatic heterocycles. The van der Waals surface area contributed by atoms with Crippen molar-refractivity contribution in [2.45, 2.75) is 31.3 Å². The van der Waals surface area contributed by atoms with E-state index in [1.807, 2.05) is 13.8 Å². The summed E-state index contributed by atoms with van der Waals surface area (Å²) in [5, 5.41) is 14.6. The van der Waals surface area contributed by atoms with Crippen LogP contribution in [-0.4, -0.2) is 41.2 Å². The first-order valence-electron chi connectivity index (χ1n) is 7.58. The minimum atomic E-state index is -0.813. The molecule has 0 saturated heterocycles. The van der Waals surface area contributed by atoms with E-state index in [-0.39, 0.29) is 18.9 Å². The van der Waals surface area contributed by atoms with Crippen LogP contribution in [0.4, 0.5) is 5.69 Å². The van der Waals surface area contributed by atoms with Gasteiger partial charge < -0.3 is 21.5 Å². The van der Waals surface area contributed by atoms with E-state index >= 15 is 0 Å². The number of carbonyl (C=O) groups is 3. The molecule has 5 N–H and O–H groups in total. The molecule has 0 aliphatic rings. The predicted octanol–water partition coefficient (Wildman–Crippen LogP) is 0.726. The van der Waals surface area contributed by atoms with Crippen LogP contribution in [-0.2, 0) is 14.4 Å². The first-order chi connectivity index (χ1) is 11.3. The van der Waals surface area contributed by atoms with Gasteiger partial charge in [-0.25, -0.2) is 0 Å². The Balaban J connectivity index is 2.59. The van der Waals surface area contributed by atoms with Crippen LogP contribution < -0.4 is 16.4 Å². The van der Waals surface area contributed by atoms with Crippen LogP contribution in [0.2, 0.25) is 0 Å². The Morgan fingerprint density at radius 2 is 1.88 bits per heavy atom. The van der Waals surface area contributed by atoms with Crippen molar-refractivity contribution in [3.05, 3.63) is 24.3 Å². The number of carbonyl (C=O) groups excluding carboxylic acids is 3. The standard InChI is InChI=1S/C16H23N3O4S/c1-10(2)12(20)9-18-15(22)16(23)19-11-5-3-4-6-13(11)24-8-7-14(17)21/h3-6,10,12,20H,7-9H2,1-2H3,(H2,17,21)(H,18,22)(H,19,23). The third-order valence-corrected chi connectivity index (χ3v) is 4.26. The molecule has 1 rings (SSSR count). The number of hydrogen-bond acceptors (Lipinski definition) is 5. The van der Waals surface area contributed by atoms with Crippen molar-refractivity contribution < 1.29 is 19.5 Å². The number of aliphatic hydroxyl groups excluding tert-OH is 1. The summed E-state index contributed by atoms with van der Waals surface area (Å²) in [7, 11) is 0. The zero-order valence-corrected chi connectivity index (χ0v) is 14.6.